The topological polar surface area (TPSA) is 39.6 Å². The van der Waals surface area contributed by atoms with Crippen LogP contribution in [0.15, 0.2) is 36.4 Å². The number of nitrogens with one attached hydrogen (secondary N) is 1. The Labute approximate surface area is 142 Å². The fourth-order valence-electron chi connectivity index (χ4n) is 3.47. The lowest BCUT2D eigenvalue weighted by Gasteiger charge is -2.31. The predicted octanol–water partition coefficient (Wildman–Crippen LogP) is 5.78. The van der Waals surface area contributed by atoms with Crippen LogP contribution in [0.25, 0.3) is 22.2 Å². The second-order valence-corrected chi connectivity index (χ2v) is 6.66. The van der Waals surface area contributed by atoms with Crippen LogP contribution in [0.4, 0.5) is 8.78 Å². The first-order valence-electron chi connectivity index (χ1n) is 7.73. The zero-order valence-electron chi connectivity index (χ0n) is 12.6. The number of nitrogens with zero attached hydrogens (tertiary/aromatic N) is 1. The average molecular weight is 343 g/mol. The number of hydrogen-bond acceptors (Lipinski definition) is 1. The van der Waals surface area contributed by atoms with Crippen molar-refractivity contribution in [2.75, 3.05) is 0 Å². The molecule has 0 atom stereocenters. The molecule has 120 valence electrons. The highest BCUT2D eigenvalue weighted by molar-refractivity contribution is 6.30. The van der Waals surface area contributed by atoms with Gasteiger partial charge in [0.15, 0.2) is 0 Å². The standard InChI is InChI=1S/C19H13ClF2N2/c20-13-3-1-11(2-4-13)18-17(12-5-10(6-12)9-23)15-7-14(21)8-16(22)19(15)24-18/h1-4,7-8,10,12,24H,5-6H2. The summed E-state index contributed by atoms with van der Waals surface area (Å²) in [5.41, 5.74) is 2.83. The van der Waals surface area contributed by atoms with E-state index in [4.69, 9.17) is 16.9 Å². The summed E-state index contributed by atoms with van der Waals surface area (Å²) in [6.45, 7) is 0. The Bertz CT molecular complexity index is 964. The van der Waals surface area contributed by atoms with E-state index in [0.29, 0.717) is 28.8 Å². The fraction of sp³-hybridized carbons (Fsp3) is 0.211. The van der Waals surface area contributed by atoms with Gasteiger partial charge in [-0.3, -0.25) is 0 Å². The van der Waals surface area contributed by atoms with Crippen LogP contribution in [0.5, 0.6) is 0 Å². The van der Waals surface area contributed by atoms with Crippen LogP contribution in [0.2, 0.25) is 5.02 Å². The van der Waals surface area contributed by atoms with Gasteiger partial charge in [-0.05, 0) is 48.1 Å². The van der Waals surface area contributed by atoms with Gasteiger partial charge in [-0.15, -0.1) is 0 Å². The molecule has 0 aliphatic heterocycles. The molecule has 1 heterocycles. The molecular weight excluding hydrogens is 330 g/mol. The van der Waals surface area contributed by atoms with Crippen LogP contribution < -0.4 is 0 Å². The number of hydrogen-bond donors (Lipinski definition) is 1. The number of fused-ring (bicyclic) bond motifs is 1. The Balaban J connectivity index is 1.93. The van der Waals surface area contributed by atoms with Gasteiger partial charge in [0.05, 0.1) is 17.3 Å². The van der Waals surface area contributed by atoms with Gasteiger partial charge in [0, 0.05) is 22.4 Å². The maximum atomic E-state index is 14.2. The van der Waals surface area contributed by atoms with Crippen LogP contribution in [-0.2, 0) is 0 Å². The first-order chi connectivity index (χ1) is 11.6. The van der Waals surface area contributed by atoms with Crippen molar-refractivity contribution in [1.29, 1.82) is 5.26 Å². The minimum atomic E-state index is -0.609. The zero-order valence-corrected chi connectivity index (χ0v) is 13.4. The minimum absolute atomic E-state index is 0.0106. The van der Waals surface area contributed by atoms with Gasteiger partial charge in [-0.1, -0.05) is 23.7 Å². The van der Waals surface area contributed by atoms with Gasteiger partial charge in [-0.2, -0.15) is 5.26 Å². The molecule has 5 heteroatoms. The van der Waals surface area contributed by atoms with E-state index in [1.807, 2.05) is 12.1 Å². The number of benzene rings is 2. The first kappa shape index (κ1) is 15.2. The summed E-state index contributed by atoms with van der Waals surface area (Å²) < 4.78 is 28.0. The van der Waals surface area contributed by atoms with Crippen LogP contribution in [0, 0.1) is 28.9 Å². The van der Waals surface area contributed by atoms with Gasteiger partial charge in [0.1, 0.15) is 11.6 Å². The molecule has 1 aliphatic rings. The quantitative estimate of drug-likeness (QED) is 0.629. The van der Waals surface area contributed by atoms with Gasteiger partial charge in [0.25, 0.3) is 0 Å². The Morgan fingerprint density at radius 1 is 1.12 bits per heavy atom. The summed E-state index contributed by atoms with van der Waals surface area (Å²) >= 11 is 5.95. The molecule has 4 rings (SSSR count). The van der Waals surface area contributed by atoms with Crippen LogP contribution >= 0.6 is 11.6 Å². The molecule has 3 aromatic rings. The van der Waals surface area contributed by atoms with Gasteiger partial charge in [-0.25, -0.2) is 8.78 Å². The molecule has 1 aromatic heterocycles. The largest absolute Gasteiger partial charge is 0.352 e. The van der Waals surface area contributed by atoms with Crippen molar-refractivity contribution in [3.63, 3.8) is 0 Å². The molecule has 1 saturated carbocycles. The van der Waals surface area contributed by atoms with E-state index in [1.165, 1.54) is 6.07 Å². The van der Waals surface area contributed by atoms with E-state index >= 15 is 0 Å². The van der Waals surface area contributed by atoms with E-state index in [1.54, 1.807) is 12.1 Å². The van der Waals surface area contributed by atoms with Crippen LogP contribution in [0.1, 0.15) is 24.3 Å². The Morgan fingerprint density at radius 3 is 2.50 bits per heavy atom. The second kappa shape index (κ2) is 5.61. The van der Waals surface area contributed by atoms with E-state index in [0.717, 1.165) is 22.9 Å². The third kappa shape index (κ3) is 2.37. The number of H-pyrrole nitrogens is 1. The van der Waals surface area contributed by atoms with Crippen molar-refractivity contribution in [2.45, 2.75) is 18.8 Å². The smallest absolute Gasteiger partial charge is 0.150 e. The number of halogens is 3. The van der Waals surface area contributed by atoms with Crippen molar-refractivity contribution >= 4 is 22.5 Å². The predicted molar refractivity (Wildman–Crippen MR) is 89.7 cm³/mol. The first-order valence-corrected chi connectivity index (χ1v) is 8.10. The number of rotatable bonds is 2. The second-order valence-electron chi connectivity index (χ2n) is 6.23. The highest BCUT2D eigenvalue weighted by Crippen LogP contribution is 2.48. The summed E-state index contributed by atoms with van der Waals surface area (Å²) in [4.78, 5) is 3.11. The molecule has 1 fully saturated rings. The summed E-state index contributed by atoms with van der Waals surface area (Å²) in [6.07, 6.45) is 1.42. The molecule has 2 nitrogen and oxygen atoms in total. The zero-order chi connectivity index (χ0) is 16.8. The summed E-state index contributed by atoms with van der Waals surface area (Å²) in [5.74, 6) is -1.08. The summed E-state index contributed by atoms with van der Waals surface area (Å²) in [6, 6.07) is 11.7. The molecule has 1 N–H and O–H groups in total. The molecule has 2 aromatic carbocycles. The Morgan fingerprint density at radius 2 is 1.83 bits per heavy atom. The van der Waals surface area contributed by atoms with Crippen molar-refractivity contribution < 1.29 is 8.78 Å². The number of aromatic nitrogens is 1. The minimum Gasteiger partial charge on any atom is -0.352 e. The lowest BCUT2D eigenvalue weighted by molar-refractivity contribution is 0.334. The Kier molecular flexibility index (Phi) is 3.54. The van der Waals surface area contributed by atoms with Gasteiger partial charge < -0.3 is 4.98 Å². The summed E-state index contributed by atoms with van der Waals surface area (Å²) in [5, 5.41) is 10.2. The monoisotopic (exact) mass is 342 g/mol. The molecule has 24 heavy (non-hydrogen) atoms. The van der Waals surface area contributed by atoms with Gasteiger partial charge in [0.2, 0.25) is 0 Å². The highest BCUT2D eigenvalue weighted by Gasteiger charge is 2.34. The number of nitriles is 1. The Hall–Kier alpha value is -2.38. The fourth-order valence-corrected chi connectivity index (χ4v) is 3.59. The molecule has 0 saturated heterocycles. The molecule has 0 unspecified atom stereocenters. The maximum absolute atomic E-state index is 14.2. The third-order valence-electron chi connectivity index (χ3n) is 4.73. The van der Waals surface area contributed by atoms with E-state index in [2.05, 4.69) is 11.1 Å². The SMILES string of the molecule is N#CC1CC(c2c(-c3ccc(Cl)cc3)[nH]c3c(F)cc(F)cc23)C1. The normalized spacial score (nSPS) is 19.9. The van der Waals surface area contributed by atoms with Gasteiger partial charge >= 0.3 is 0 Å². The van der Waals surface area contributed by atoms with Crippen molar-refractivity contribution in [2.24, 2.45) is 5.92 Å². The molecular formula is C19H13ClF2N2. The lowest BCUT2D eigenvalue weighted by Crippen LogP contribution is -2.20. The van der Waals surface area contributed by atoms with E-state index in [-0.39, 0.29) is 11.8 Å². The molecule has 0 radical (unpaired) electrons. The highest BCUT2D eigenvalue weighted by atomic mass is 35.5. The molecule has 0 amide bonds. The van der Waals surface area contributed by atoms with Crippen molar-refractivity contribution in [3.8, 4) is 17.3 Å². The van der Waals surface area contributed by atoms with Crippen LogP contribution in [-0.4, -0.2) is 4.98 Å². The lowest BCUT2D eigenvalue weighted by atomic mass is 9.71. The molecule has 0 spiro atoms. The summed E-state index contributed by atoms with van der Waals surface area (Å²) in [7, 11) is 0. The van der Waals surface area contributed by atoms with Crippen molar-refractivity contribution in [3.05, 3.63) is 58.6 Å². The van der Waals surface area contributed by atoms with E-state index < -0.39 is 11.6 Å². The molecule has 1 aliphatic carbocycles. The van der Waals surface area contributed by atoms with Crippen LogP contribution in [0.3, 0.4) is 0 Å². The number of aromatic amines is 1. The van der Waals surface area contributed by atoms with Crippen molar-refractivity contribution in [1.82, 2.24) is 4.98 Å². The third-order valence-corrected chi connectivity index (χ3v) is 4.98. The maximum Gasteiger partial charge on any atom is 0.150 e. The molecule has 0 bridgehead atoms. The average Bonchev–Trinajstić information content (AvgIpc) is 2.87. The van der Waals surface area contributed by atoms with E-state index in [9.17, 15) is 8.78 Å².